The summed E-state index contributed by atoms with van der Waals surface area (Å²) in [7, 11) is 0. The normalized spacial score (nSPS) is 12.2. The zero-order chi connectivity index (χ0) is 16.9. The van der Waals surface area contributed by atoms with Gasteiger partial charge in [0, 0.05) is 11.9 Å². The van der Waals surface area contributed by atoms with Crippen LogP contribution in [-0.2, 0) is 6.54 Å². The Morgan fingerprint density at radius 2 is 2.12 bits per heavy atom. The summed E-state index contributed by atoms with van der Waals surface area (Å²) in [5.74, 6) is 0.165. The molecule has 0 spiro atoms. The summed E-state index contributed by atoms with van der Waals surface area (Å²) >= 11 is 2.86. The fraction of sp³-hybridized carbons (Fsp3) is 0.188. The van der Waals surface area contributed by atoms with E-state index in [4.69, 9.17) is 0 Å². The van der Waals surface area contributed by atoms with Crippen LogP contribution in [0, 0.1) is 6.92 Å². The van der Waals surface area contributed by atoms with Gasteiger partial charge in [-0.25, -0.2) is 10.4 Å². The first-order valence-electron chi connectivity index (χ1n) is 7.41. The Balaban J connectivity index is 1.89. The molecule has 0 unspecified atom stereocenters. The average molecular weight is 359 g/mol. The van der Waals surface area contributed by atoms with E-state index in [0.29, 0.717) is 16.2 Å². The van der Waals surface area contributed by atoms with E-state index in [1.807, 2.05) is 49.6 Å². The highest BCUT2D eigenvalue weighted by Gasteiger charge is 2.10. The zero-order valence-corrected chi connectivity index (χ0v) is 14.9. The SMILES string of the molecule is CCn1c(O)c(C=Nc2ccccc2)sc1=NNc1nc(C)cs1. The molecular formula is C16H17N5OS2. The number of hydrogen-bond acceptors (Lipinski definition) is 7. The van der Waals surface area contributed by atoms with Crippen molar-refractivity contribution in [2.45, 2.75) is 20.4 Å². The van der Waals surface area contributed by atoms with E-state index >= 15 is 0 Å². The number of nitrogens with one attached hydrogen (secondary N) is 1. The number of nitrogens with zero attached hydrogens (tertiary/aromatic N) is 4. The van der Waals surface area contributed by atoms with E-state index in [0.717, 1.165) is 16.5 Å². The lowest BCUT2D eigenvalue weighted by Crippen LogP contribution is -2.14. The van der Waals surface area contributed by atoms with Gasteiger partial charge in [0.1, 0.15) is 4.88 Å². The third-order valence-electron chi connectivity index (χ3n) is 3.18. The minimum Gasteiger partial charge on any atom is -0.493 e. The number of rotatable bonds is 5. The van der Waals surface area contributed by atoms with Gasteiger partial charge in [-0.1, -0.05) is 29.5 Å². The predicted molar refractivity (Wildman–Crippen MR) is 99.4 cm³/mol. The second kappa shape index (κ2) is 7.41. The van der Waals surface area contributed by atoms with E-state index in [1.165, 1.54) is 22.7 Å². The van der Waals surface area contributed by atoms with Gasteiger partial charge in [-0.05, 0) is 26.0 Å². The topological polar surface area (TPSA) is 74.8 Å². The average Bonchev–Trinajstić information content (AvgIpc) is 3.15. The van der Waals surface area contributed by atoms with Gasteiger partial charge < -0.3 is 5.11 Å². The zero-order valence-electron chi connectivity index (χ0n) is 13.3. The predicted octanol–water partition coefficient (Wildman–Crippen LogP) is 3.72. The Morgan fingerprint density at radius 1 is 1.33 bits per heavy atom. The number of hydrogen-bond donors (Lipinski definition) is 2. The van der Waals surface area contributed by atoms with E-state index in [9.17, 15) is 5.11 Å². The second-order valence-corrected chi connectivity index (χ2v) is 6.80. The Hall–Kier alpha value is -2.45. The number of aliphatic imine (C=N–C) groups is 1. The maximum atomic E-state index is 10.4. The smallest absolute Gasteiger partial charge is 0.212 e. The Morgan fingerprint density at radius 3 is 2.79 bits per heavy atom. The molecule has 3 aromatic rings. The lowest BCUT2D eigenvalue weighted by molar-refractivity contribution is 0.416. The molecule has 8 heteroatoms. The van der Waals surface area contributed by atoms with Crippen LogP contribution in [0.15, 0.2) is 45.8 Å². The number of benzene rings is 1. The summed E-state index contributed by atoms with van der Waals surface area (Å²) in [5, 5.41) is 17.4. The largest absolute Gasteiger partial charge is 0.493 e. The summed E-state index contributed by atoms with van der Waals surface area (Å²) in [4.78, 5) is 10.0. The number of aromatic nitrogens is 2. The first-order chi connectivity index (χ1) is 11.7. The minimum absolute atomic E-state index is 0.165. The lowest BCUT2D eigenvalue weighted by Gasteiger charge is -1.99. The van der Waals surface area contributed by atoms with Crippen LogP contribution in [0.5, 0.6) is 5.88 Å². The van der Waals surface area contributed by atoms with Crippen LogP contribution in [0.1, 0.15) is 17.5 Å². The van der Waals surface area contributed by atoms with Gasteiger partial charge in [-0.15, -0.1) is 16.4 Å². The highest BCUT2D eigenvalue weighted by atomic mass is 32.1. The molecule has 0 bridgehead atoms. The molecule has 2 N–H and O–H groups in total. The van der Waals surface area contributed by atoms with Crippen molar-refractivity contribution in [2.24, 2.45) is 10.1 Å². The monoisotopic (exact) mass is 359 g/mol. The van der Waals surface area contributed by atoms with Crippen molar-refractivity contribution in [2.75, 3.05) is 5.43 Å². The van der Waals surface area contributed by atoms with E-state index in [2.05, 4.69) is 20.5 Å². The summed E-state index contributed by atoms with van der Waals surface area (Å²) in [6.45, 7) is 4.50. The molecule has 2 aromatic heterocycles. The maximum Gasteiger partial charge on any atom is 0.212 e. The third kappa shape index (κ3) is 3.72. The number of aromatic hydroxyl groups is 1. The number of aryl methyl sites for hydroxylation is 1. The Bertz CT molecular complexity index is 908. The van der Waals surface area contributed by atoms with Crippen LogP contribution < -0.4 is 10.2 Å². The van der Waals surface area contributed by atoms with Gasteiger partial charge in [-0.3, -0.25) is 9.56 Å². The van der Waals surface area contributed by atoms with E-state index in [-0.39, 0.29) is 5.88 Å². The molecule has 3 rings (SSSR count). The van der Waals surface area contributed by atoms with E-state index in [1.54, 1.807) is 10.8 Å². The maximum absolute atomic E-state index is 10.4. The molecule has 0 aliphatic heterocycles. The van der Waals surface area contributed by atoms with Crippen LogP contribution in [-0.4, -0.2) is 20.9 Å². The molecule has 0 saturated carbocycles. The van der Waals surface area contributed by atoms with E-state index < -0.39 is 0 Å². The van der Waals surface area contributed by atoms with Crippen LogP contribution in [0.3, 0.4) is 0 Å². The molecule has 0 saturated heterocycles. The van der Waals surface area contributed by atoms with Crippen molar-refractivity contribution in [1.29, 1.82) is 0 Å². The van der Waals surface area contributed by atoms with Crippen molar-refractivity contribution in [3.05, 3.63) is 51.1 Å². The summed E-state index contributed by atoms with van der Waals surface area (Å²) in [6, 6.07) is 9.61. The molecule has 0 aliphatic rings. The molecule has 0 amide bonds. The lowest BCUT2D eigenvalue weighted by atomic mass is 10.3. The van der Waals surface area contributed by atoms with Crippen LogP contribution >= 0.6 is 22.7 Å². The highest BCUT2D eigenvalue weighted by Crippen LogP contribution is 2.20. The van der Waals surface area contributed by atoms with Crippen molar-refractivity contribution >= 4 is 39.7 Å². The first kappa shape index (κ1) is 16.4. The first-order valence-corrected chi connectivity index (χ1v) is 9.10. The molecule has 1 aromatic carbocycles. The molecular weight excluding hydrogens is 342 g/mol. The molecule has 0 radical (unpaired) electrons. The van der Waals surface area contributed by atoms with Gasteiger partial charge in [0.15, 0.2) is 0 Å². The van der Waals surface area contributed by atoms with Crippen LogP contribution in [0.25, 0.3) is 0 Å². The number of para-hydroxylation sites is 1. The van der Waals surface area contributed by atoms with Gasteiger partial charge >= 0.3 is 0 Å². The summed E-state index contributed by atoms with van der Waals surface area (Å²) in [6.07, 6.45) is 1.66. The fourth-order valence-electron chi connectivity index (χ4n) is 2.02. The van der Waals surface area contributed by atoms with Gasteiger partial charge in [0.05, 0.1) is 17.6 Å². The molecule has 0 atom stereocenters. The number of anilines is 1. The summed E-state index contributed by atoms with van der Waals surface area (Å²) < 4.78 is 1.73. The Labute approximate surface area is 147 Å². The fourth-order valence-corrected chi connectivity index (χ4v) is 3.57. The third-order valence-corrected chi connectivity index (χ3v) is 5.04. The molecule has 124 valence electrons. The summed E-state index contributed by atoms with van der Waals surface area (Å²) in [5.41, 5.74) is 4.72. The quantitative estimate of drug-likeness (QED) is 0.538. The van der Waals surface area contributed by atoms with Crippen molar-refractivity contribution in [1.82, 2.24) is 9.55 Å². The van der Waals surface area contributed by atoms with Gasteiger partial charge in [0.2, 0.25) is 15.8 Å². The molecule has 0 aliphatic carbocycles. The molecule has 2 heterocycles. The standard InChI is InChI=1S/C16H17N5OS2/c1-3-21-14(22)13(9-17-12-7-5-4-6-8-12)24-16(21)20-19-15-18-11(2)10-23-15/h4-10,22H,3H2,1-2H3,(H,18,19). The molecule has 24 heavy (non-hydrogen) atoms. The van der Waals surface area contributed by atoms with Gasteiger partial charge in [0.25, 0.3) is 0 Å². The minimum atomic E-state index is 0.165. The van der Waals surface area contributed by atoms with Crippen molar-refractivity contribution in [3.8, 4) is 5.88 Å². The second-order valence-electron chi connectivity index (χ2n) is 4.93. The van der Waals surface area contributed by atoms with Crippen molar-refractivity contribution in [3.63, 3.8) is 0 Å². The van der Waals surface area contributed by atoms with Crippen LogP contribution in [0.2, 0.25) is 0 Å². The van der Waals surface area contributed by atoms with Gasteiger partial charge in [-0.2, -0.15) is 0 Å². The molecule has 0 fully saturated rings. The molecule has 6 nitrogen and oxygen atoms in total. The van der Waals surface area contributed by atoms with Crippen LogP contribution in [0.4, 0.5) is 10.8 Å². The highest BCUT2D eigenvalue weighted by molar-refractivity contribution is 7.13. The van der Waals surface area contributed by atoms with Crippen molar-refractivity contribution < 1.29 is 5.11 Å². The Kier molecular flexibility index (Phi) is 5.07. The number of thiazole rings is 2.